The summed E-state index contributed by atoms with van der Waals surface area (Å²) in [7, 11) is 1.64. The highest BCUT2D eigenvalue weighted by Crippen LogP contribution is 2.41. The lowest BCUT2D eigenvalue weighted by atomic mass is 9.90. The van der Waals surface area contributed by atoms with Gasteiger partial charge in [0.1, 0.15) is 11.5 Å². The van der Waals surface area contributed by atoms with Gasteiger partial charge in [-0.15, -0.1) is 0 Å². The number of piperidine rings is 1. The Morgan fingerprint density at radius 2 is 1.64 bits per heavy atom. The van der Waals surface area contributed by atoms with E-state index in [-0.39, 0.29) is 46.6 Å². The molecule has 0 spiro atoms. The van der Waals surface area contributed by atoms with Crippen LogP contribution in [0.5, 0.6) is 0 Å². The molecule has 18 nitrogen and oxygen atoms in total. The Kier molecular flexibility index (Phi) is 12.5. The zero-order valence-electron chi connectivity index (χ0n) is 43.2. The molecule has 75 heavy (non-hydrogen) atoms. The Balaban J connectivity index is 0.782. The molecule has 1 aliphatic carbocycles. The Bertz CT molecular complexity index is 3430. The monoisotopic (exact) mass is 1010 g/mol. The summed E-state index contributed by atoms with van der Waals surface area (Å²) < 4.78 is 3.57. The van der Waals surface area contributed by atoms with E-state index >= 15 is 0 Å². The molecule has 11 rings (SSSR count). The number of piperazine rings is 1. The summed E-state index contributed by atoms with van der Waals surface area (Å²) in [5, 5.41) is 14.1. The molecule has 5 aliphatic rings. The molecule has 0 radical (unpaired) electrons. The summed E-state index contributed by atoms with van der Waals surface area (Å²) in [6.07, 6.45) is 11.5. The maximum absolute atomic E-state index is 14.1. The number of aryl methyl sites for hydroxylation is 2. The number of aliphatic hydroxyl groups is 1. The number of fused-ring (bicyclic) bond motifs is 4. The fourth-order valence-corrected chi connectivity index (χ4v) is 12.2. The first-order chi connectivity index (χ1) is 36.0. The van der Waals surface area contributed by atoms with Gasteiger partial charge in [-0.3, -0.25) is 38.8 Å². The molecule has 4 aromatic heterocycles. The lowest BCUT2D eigenvalue weighted by molar-refractivity contribution is -0.113. The molecule has 6 aromatic rings. The maximum atomic E-state index is 14.1. The smallest absolute Gasteiger partial charge is 0.293 e. The van der Waals surface area contributed by atoms with Crippen LogP contribution in [0.4, 0.5) is 34.4 Å². The number of aromatic nitrogens is 5. The van der Waals surface area contributed by atoms with Gasteiger partial charge in [-0.05, 0) is 124 Å². The first kappa shape index (κ1) is 49.3. The number of anilines is 6. The van der Waals surface area contributed by atoms with Gasteiger partial charge >= 0.3 is 0 Å². The minimum Gasteiger partial charge on any atom is -0.392 e. The minimum atomic E-state index is -0.591. The Morgan fingerprint density at radius 1 is 0.840 bits per heavy atom. The van der Waals surface area contributed by atoms with E-state index in [0.717, 1.165) is 74.5 Å². The lowest BCUT2D eigenvalue weighted by Gasteiger charge is -2.48. The van der Waals surface area contributed by atoms with E-state index in [1.165, 1.54) is 26.8 Å². The molecule has 3 atom stereocenters. The van der Waals surface area contributed by atoms with E-state index in [2.05, 4.69) is 62.2 Å². The second-order valence-corrected chi connectivity index (χ2v) is 21.6. The molecular formula is C57H62N12O6. The molecule has 0 bridgehead atoms. The topological polar surface area (TPSA) is 208 Å². The van der Waals surface area contributed by atoms with Gasteiger partial charge in [0.25, 0.3) is 23.3 Å². The lowest BCUT2D eigenvalue weighted by Crippen LogP contribution is -2.58. The normalized spacial score (nSPS) is 20.5. The third-order valence-electron chi connectivity index (χ3n) is 15.8. The number of aliphatic hydroxyl groups excluding tert-OH is 1. The van der Waals surface area contributed by atoms with Gasteiger partial charge in [-0.2, -0.15) is 0 Å². The van der Waals surface area contributed by atoms with Crippen LogP contribution in [-0.2, 0) is 37.8 Å². The van der Waals surface area contributed by atoms with Crippen LogP contribution in [-0.4, -0.2) is 109 Å². The number of nitrogens with two attached hydrogens (primary N) is 1. The number of benzene rings is 2. The van der Waals surface area contributed by atoms with Crippen LogP contribution >= 0.6 is 0 Å². The zero-order chi connectivity index (χ0) is 52.6. The number of carbonyl (C=O) groups is 4. The van der Waals surface area contributed by atoms with Crippen molar-refractivity contribution >= 4 is 64.1 Å². The average molecular weight is 1010 g/mol. The predicted octanol–water partition coefficient (Wildman–Crippen LogP) is 6.24. The summed E-state index contributed by atoms with van der Waals surface area (Å²) >= 11 is 0. The van der Waals surface area contributed by atoms with Crippen LogP contribution in [0.25, 0.3) is 17.3 Å². The van der Waals surface area contributed by atoms with E-state index in [4.69, 9.17) is 10.7 Å². The molecule has 4 amide bonds. The van der Waals surface area contributed by atoms with E-state index in [9.17, 15) is 29.1 Å². The van der Waals surface area contributed by atoms with Crippen molar-refractivity contribution in [2.24, 2.45) is 18.2 Å². The molecule has 386 valence electrons. The van der Waals surface area contributed by atoms with Gasteiger partial charge in [-0.1, -0.05) is 13.8 Å². The molecule has 0 saturated carbocycles. The molecule has 2 aromatic carbocycles. The number of hydrogen-bond donors (Lipinski definition) is 3. The molecule has 1 unspecified atom stereocenters. The number of nitrogens with one attached hydrogen (secondary N) is 1. The number of carbonyl (C=O) groups excluding carboxylic acids is 4. The quantitative estimate of drug-likeness (QED) is 0.0973. The van der Waals surface area contributed by atoms with Crippen molar-refractivity contribution in [2.45, 2.75) is 91.6 Å². The van der Waals surface area contributed by atoms with Gasteiger partial charge in [0.15, 0.2) is 5.82 Å². The number of hydrogen-bond acceptors (Lipinski definition) is 13. The number of imide groups is 1. The van der Waals surface area contributed by atoms with Crippen molar-refractivity contribution in [2.75, 3.05) is 57.6 Å². The van der Waals surface area contributed by atoms with Crippen molar-refractivity contribution in [3.63, 3.8) is 0 Å². The van der Waals surface area contributed by atoms with E-state index in [1.807, 2.05) is 43.3 Å². The number of pyridine rings is 2. The van der Waals surface area contributed by atoms with Crippen molar-refractivity contribution in [3.8, 4) is 11.3 Å². The average Bonchev–Trinajstić information content (AvgIpc) is 3.98. The van der Waals surface area contributed by atoms with Gasteiger partial charge in [0.2, 0.25) is 5.91 Å². The van der Waals surface area contributed by atoms with Crippen molar-refractivity contribution < 1.29 is 24.3 Å². The Hall–Kier alpha value is -7.96. The molecular weight excluding hydrogens is 949 g/mol. The third kappa shape index (κ3) is 8.94. The minimum absolute atomic E-state index is 0.0453. The third-order valence-corrected chi connectivity index (χ3v) is 15.8. The molecule has 4 N–H and O–H groups in total. The van der Waals surface area contributed by atoms with Gasteiger partial charge < -0.3 is 35.1 Å². The highest BCUT2D eigenvalue weighted by Gasteiger charge is 2.40. The fraction of sp³-hybridized carbons (Fsp3) is 0.368. The number of nitrogens with zero attached hydrogens (tertiary/aromatic N) is 10. The Morgan fingerprint density at radius 3 is 2.40 bits per heavy atom. The molecule has 18 heteroatoms. The second kappa shape index (κ2) is 19.1. The highest BCUT2D eigenvalue weighted by molar-refractivity contribution is 6.34. The van der Waals surface area contributed by atoms with E-state index < -0.39 is 12.5 Å². The fourth-order valence-electron chi connectivity index (χ4n) is 12.2. The van der Waals surface area contributed by atoms with Crippen LogP contribution in [0.1, 0.15) is 99.8 Å². The van der Waals surface area contributed by atoms with Crippen LogP contribution in [0.3, 0.4) is 0 Å². The number of rotatable bonds is 11. The van der Waals surface area contributed by atoms with Gasteiger partial charge in [-0.25, -0.2) is 14.9 Å². The predicted molar refractivity (Wildman–Crippen MR) is 289 cm³/mol. The first-order valence-electron chi connectivity index (χ1n) is 25.8. The molecule has 2 fully saturated rings. The molecule has 2 saturated heterocycles. The van der Waals surface area contributed by atoms with Crippen LogP contribution in [0.15, 0.2) is 90.1 Å². The van der Waals surface area contributed by atoms with Crippen LogP contribution in [0, 0.1) is 12.3 Å². The Labute approximate surface area is 435 Å². The summed E-state index contributed by atoms with van der Waals surface area (Å²) in [5.74, 6) is -1.01. The summed E-state index contributed by atoms with van der Waals surface area (Å²) in [6, 6.07) is 19.1. The summed E-state index contributed by atoms with van der Waals surface area (Å²) in [6.45, 7) is 14.5. The highest BCUT2D eigenvalue weighted by atomic mass is 16.3. The molecule has 8 heterocycles. The van der Waals surface area contributed by atoms with Crippen LogP contribution in [0.2, 0.25) is 0 Å². The number of amides is 4. The van der Waals surface area contributed by atoms with Gasteiger partial charge in [0.05, 0.1) is 29.1 Å². The van der Waals surface area contributed by atoms with E-state index in [1.54, 1.807) is 60.9 Å². The van der Waals surface area contributed by atoms with Crippen molar-refractivity contribution in [1.29, 1.82) is 0 Å². The summed E-state index contributed by atoms with van der Waals surface area (Å²) in [5.41, 5.74) is 15.0. The zero-order valence-corrected chi connectivity index (χ0v) is 43.2. The van der Waals surface area contributed by atoms with Crippen LogP contribution < -0.4 is 36.2 Å². The SMILES string of the molecule is Cc1cc(N2C(=O)c3ccc(N4CCC(N5CCN(c6ccc(Nc7nc(-c8ccnc(N9CCn%10c(cc%11c%10CC(C)(C)C%11)C9=O)c8CO)cn(C)c7=O)cc6C=CC(N)=O)[C@@H](C)C5)C[C@@H]4C)cc3C2=O)ccn1. The standard InChI is InChI=1S/C57H62N12O6/c1-33-23-41(13-16-59-33)69-53(72)43-10-9-40(27-44(43)54(69)73)65-18-15-39(24-34(65)2)64-19-20-66(35(3)30-64)47-11-8-38(25-36(47)7-12-50(58)71)61-51-56(75)63(6)31-46(62-51)42-14-17-60-52(45(42)32-70)68-22-21-67-48(55(68)74)26-37-28-57(4,5)29-49(37)67/h7-14,16-17,23,25-27,31,34-35,39,70H,15,18-22,24,28-30,32H2,1-6H3,(H2,58,71)(H,61,62)/t34-,35-,39?/m0/s1. The largest absolute Gasteiger partial charge is 0.392 e. The van der Waals surface area contributed by atoms with E-state index in [0.29, 0.717) is 70.0 Å². The second-order valence-electron chi connectivity index (χ2n) is 21.6. The van der Waals surface area contributed by atoms with Crippen molar-refractivity contribution in [1.82, 2.24) is 29.0 Å². The summed E-state index contributed by atoms with van der Waals surface area (Å²) in [4.78, 5) is 90.7. The van der Waals surface area contributed by atoms with Gasteiger partial charge in [0, 0.05) is 134 Å². The van der Waals surface area contributed by atoms with Crippen molar-refractivity contribution in [3.05, 3.63) is 141 Å². The number of primary amides is 1. The maximum Gasteiger partial charge on any atom is 0.293 e. The molecule has 4 aliphatic heterocycles. The first-order valence-corrected chi connectivity index (χ1v) is 25.8.